The van der Waals surface area contributed by atoms with Crippen LogP contribution in [0.3, 0.4) is 0 Å². The van der Waals surface area contributed by atoms with E-state index in [4.69, 9.17) is 5.73 Å². The average molecular weight is 560 g/mol. The number of fused-ring (bicyclic) bond motifs is 4. The minimum Gasteiger partial charge on any atom is -0.383 e. The Bertz CT molecular complexity index is 1610. The molecule has 3 atom stereocenters. The summed E-state index contributed by atoms with van der Waals surface area (Å²) in [6.45, 7) is 2.16. The lowest BCUT2D eigenvalue weighted by molar-refractivity contribution is -0.138. The SMILES string of the molecule is Cc1cc(C2CC2)cc2c3c(N)ncnc3n(CC(=O)N3[C@@H]4C[C@@H]4C[C@H]3C(=O)Nc3cccc(Br)n3)c12. The van der Waals surface area contributed by atoms with E-state index in [1.165, 1.54) is 24.7 Å². The largest absolute Gasteiger partial charge is 0.383 e. The first-order valence-corrected chi connectivity index (χ1v) is 13.5. The maximum absolute atomic E-state index is 13.9. The van der Waals surface area contributed by atoms with Gasteiger partial charge < -0.3 is 20.5 Å². The number of likely N-dealkylation sites (tertiary alicyclic amines) is 1. The number of piperidine rings is 1. The highest BCUT2D eigenvalue weighted by Gasteiger charge is 2.56. The summed E-state index contributed by atoms with van der Waals surface area (Å²) in [6.07, 6.45) is 5.46. The Balaban J connectivity index is 1.24. The summed E-state index contributed by atoms with van der Waals surface area (Å²) in [4.78, 5) is 42.0. The molecule has 1 aromatic carbocycles. The molecule has 1 saturated heterocycles. The number of nitrogen functional groups attached to an aromatic ring is 1. The van der Waals surface area contributed by atoms with Gasteiger partial charge >= 0.3 is 0 Å². The predicted molar refractivity (Wildman–Crippen MR) is 144 cm³/mol. The van der Waals surface area contributed by atoms with Gasteiger partial charge in [-0.25, -0.2) is 15.0 Å². The first-order valence-electron chi connectivity index (χ1n) is 12.7. The summed E-state index contributed by atoms with van der Waals surface area (Å²) in [6, 6.07) is 9.35. The molecule has 1 aliphatic heterocycles. The van der Waals surface area contributed by atoms with Gasteiger partial charge in [0.05, 0.1) is 10.9 Å². The van der Waals surface area contributed by atoms with Crippen molar-refractivity contribution in [3.05, 3.63) is 52.4 Å². The highest BCUT2D eigenvalue weighted by molar-refractivity contribution is 9.10. The molecule has 37 heavy (non-hydrogen) atoms. The number of halogens is 1. The number of anilines is 2. The molecule has 10 heteroatoms. The van der Waals surface area contributed by atoms with Crippen molar-refractivity contribution in [2.45, 2.75) is 57.2 Å². The van der Waals surface area contributed by atoms with Crippen LogP contribution < -0.4 is 11.1 Å². The van der Waals surface area contributed by atoms with Gasteiger partial charge in [-0.1, -0.05) is 12.1 Å². The summed E-state index contributed by atoms with van der Waals surface area (Å²) < 4.78 is 2.60. The molecule has 2 saturated carbocycles. The standard InChI is InChI=1S/C27H26BrN7O2/c1-13-7-15(14-5-6-14)8-17-23-25(29)30-12-31-26(23)34(24(13)17)11-22(36)35-18-9-16(18)10-19(35)27(37)33-21-4-2-3-20(28)32-21/h2-4,7-8,12,14,16,18-19H,5-6,9-11H2,1H3,(H2,29,30,31)(H,32,33,37)/t16-,18-,19+/m1/s1. The summed E-state index contributed by atoms with van der Waals surface area (Å²) >= 11 is 3.34. The lowest BCUT2D eigenvalue weighted by atomic mass is 10.0. The van der Waals surface area contributed by atoms with Crippen LogP contribution in [-0.4, -0.2) is 48.3 Å². The van der Waals surface area contributed by atoms with Crippen molar-refractivity contribution in [3.63, 3.8) is 0 Å². The minimum atomic E-state index is -0.521. The Morgan fingerprint density at radius 2 is 2.03 bits per heavy atom. The van der Waals surface area contributed by atoms with Gasteiger partial charge in [0.1, 0.15) is 40.8 Å². The molecule has 3 aliphatic rings. The number of nitrogens with one attached hydrogen (secondary N) is 1. The van der Waals surface area contributed by atoms with Crippen LogP contribution >= 0.6 is 15.9 Å². The number of nitrogens with zero attached hydrogens (tertiary/aromatic N) is 5. The molecule has 3 N–H and O–H groups in total. The van der Waals surface area contributed by atoms with E-state index in [1.54, 1.807) is 17.0 Å². The molecule has 0 bridgehead atoms. The summed E-state index contributed by atoms with van der Waals surface area (Å²) in [5.41, 5.74) is 10.3. The fourth-order valence-corrected chi connectivity index (χ4v) is 6.42. The number of hydrogen-bond donors (Lipinski definition) is 2. The Morgan fingerprint density at radius 3 is 2.81 bits per heavy atom. The van der Waals surface area contributed by atoms with Crippen LogP contribution in [0.4, 0.5) is 11.6 Å². The summed E-state index contributed by atoms with van der Waals surface area (Å²) in [7, 11) is 0. The molecule has 3 aromatic heterocycles. The number of benzene rings is 1. The van der Waals surface area contributed by atoms with E-state index in [2.05, 4.69) is 55.3 Å². The second kappa shape index (κ2) is 8.24. The number of nitrogens with two attached hydrogens (primary N) is 1. The van der Waals surface area contributed by atoms with Crippen molar-refractivity contribution < 1.29 is 9.59 Å². The first-order chi connectivity index (χ1) is 17.9. The fraction of sp³-hybridized carbons (Fsp3) is 0.370. The molecule has 4 heterocycles. The Hall–Kier alpha value is -3.53. The molecule has 188 valence electrons. The van der Waals surface area contributed by atoms with Gasteiger partial charge in [0, 0.05) is 11.4 Å². The number of rotatable bonds is 5. The van der Waals surface area contributed by atoms with E-state index >= 15 is 0 Å². The van der Waals surface area contributed by atoms with Crippen molar-refractivity contribution in [1.29, 1.82) is 0 Å². The van der Waals surface area contributed by atoms with Crippen LogP contribution in [0.1, 0.15) is 42.7 Å². The highest BCUT2D eigenvalue weighted by atomic mass is 79.9. The lowest BCUT2D eigenvalue weighted by Gasteiger charge is -2.27. The van der Waals surface area contributed by atoms with Crippen LogP contribution in [0.5, 0.6) is 0 Å². The van der Waals surface area contributed by atoms with E-state index in [0.29, 0.717) is 40.1 Å². The fourth-order valence-electron chi connectivity index (χ4n) is 6.07. The maximum atomic E-state index is 13.9. The van der Waals surface area contributed by atoms with E-state index < -0.39 is 6.04 Å². The molecule has 0 radical (unpaired) electrons. The van der Waals surface area contributed by atoms with E-state index in [1.807, 2.05) is 10.6 Å². The molecule has 0 spiro atoms. The Morgan fingerprint density at radius 1 is 1.19 bits per heavy atom. The number of carbonyl (C=O) groups is 2. The molecule has 7 rings (SSSR count). The molecule has 3 fully saturated rings. The van der Waals surface area contributed by atoms with Crippen LogP contribution in [0.15, 0.2) is 41.3 Å². The lowest BCUT2D eigenvalue weighted by Crippen LogP contribution is -2.46. The van der Waals surface area contributed by atoms with Crippen molar-refractivity contribution in [3.8, 4) is 0 Å². The van der Waals surface area contributed by atoms with Crippen molar-refractivity contribution >= 4 is 61.3 Å². The van der Waals surface area contributed by atoms with Crippen LogP contribution in [0, 0.1) is 12.8 Å². The molecular weight excluding hydrogens is 534 g/mol. The van der Waals surface area contributed by atoms with Crippen LogP contribution in [0.25, 0.3) is 21.9 Å². The topological polar surface area (TPSA) is 119 Å². The van der Waals surface area contributed by atoms with Gasteiger partial charge in [-0.3, -0.25) is 9.59 Å². The zero-order chi connectivity index (χ0) is 25.4. The summed E-state index contributed by atoms with van der Waals surface area (Å²) in [5.74, 6) is 1.54. The molecule has 2 aliphatic carbocycles. The monoisotopic (exact) mass is 559 g/mol. The number of amides is 2. The summed E-state index contributed by atoms with van der Waals surface area (Å²) in [5, 5.41) is 4.67. The second-order valence-electron chi connectivity index (χ2n) is 10.5. The zero-order valence-corrected chi connectivity index (χ0v) is 21.9. The van der Waals surface area contributed by atoms with E-state index in [9.17, 15) is 9.59 Å². The Kier molecular flexibility index (Phi) is 5.04. The maximum Gasteiger partial charge on any atom is 0.248 e. The number of carbonyl (C=O) groups excluding carboxylic acids is 2. The third-order valence-corrected chi connectivity index (χ3v) is 8.42. The molecule has 0 unspecified atom stereocenters. The van der Waals surface area contributed by atoms with Crippen LogP contribution in [-0.2, 0) is 16.1 Å². The molecule has 9 nitrogen and oxygen atoms in total. The third kappa shape index (κ3) is 3.77. The quantitative estimate of drug-likeness (QED) is 0.355. The number of aryl methyl sites for hydroxylation is 1. The van der Waals surface area contributed by atoms with Crippen molar-refractivity contribution in [1.82, 2.24) is 24.4 Å². The van der Waals surface area contributed by atoms with Crippen molar-refractivity contribution in [2.75, 3.05) is 11.1 Å². The number of pyridine rings is 1. The molecular formula is C27H26BrN7O2. The van der Waals surface area contributed by atoms with Gasteiger partial charge in [0.15, 0.2) is 0 Å². The number of aromatic nitrogens is 4. The smallest absolute Gasteiger partial charge is 0.248 e. The van der Waals surface area contributed by atoms with E-state index in [-0.39, 0.29) is 24.4 Å². The van der Waals surface area contributed by atoms with E-state index in [0.717, 1.165) is 28.3 Å². The normalized spacial score (nSPS) is 22.4. The molecule has 2 amide bonds. The van der Waals surface area contributed by atoms with Gasteiger partial charge in [0.2, 0.25) is 11.8 Å². The van der Waals surface area contributed by atoms with Gasteiger partial charge in [-0.05, 0) is 89.7 Å². The van der Waals surface area contributed by atoms with Crippen molar-refractivity contribution in [2.24, 2.45) is 5.92 Å². The number of hydrogen-bond acceptors (Lipinski definition) is 6. The van der Waals surface area contributed by atoms with Crippen LogP contribution in [0.2, 0.25) is 0 Å². The molecule has 4 aromatic rings. The Labute approximate surface area is 221 Å². The third-order valence-electron chi connectivity index (χ3n) is 7.98. The second-order valence-corrected chi connectivity index (χ2v) is 11.3. The van der Waals surface area contributed by atoms with Gasteiger partial charge in [0.25, 0.3) is 0 Å². The highest BCUT2D eigenvalue weighted by Crippen LogP contribution is 2.48. The van der Waals surface area contributed by atoms with Gasteiger partial charge in [-0.2, -0.15) is 0 Å². The first kappa shape index (κ1) is 22.7. The minimum absolute atomic E-state index is 0.0855. The zero-order valence-electron chi connectivity index (χ0n) is 20.3. The van der Waals surface area contributed by atoms with Gasteiger partial charge in [-0.15, -0.1) is 0 Å². The predicted octanol–water partition coefficient (Wildman–Crippen LogP) is 4.14. The average Bonchev–Trinajstić information content (AvgIpc) is 3.79.